The Balaban J connectivity index is 0.00000400. The first-order chi connectivity index (χ1) is 9.65. The summed E-state index contributed by atoms with van der Waals surface area (Å²) in [5.41, 5.74) is 0.818. The van der Waals surface area contributed by atoms with Crippen molar-refractivity contribution in [2.45, 2.75) is 20.4 Å². The Morgan fingerprint density at radius 2 is 2.05 bits per heavy atom. The summed E-state index contributed by atoms with van der Waals surface area (Å²) in [6.45, 7) is 7.17. The van der Waals surface area contributed by atoms with Crippen molar-refractivity contribution in [1.29, 1.82) is 0 Å². The van der Waals surface area contributed by atoms with Crippen LogP contribution >= 0.6 is 39.9 Å². The zero-order valence-corrected chi connectivity index (χ0v) is 16.2. The molecule has 2 N–H and O–H groups in total. The molecule has 0 aromatic heterocycles. The molecule has 1 aromatic rings. The monoisotopic (exact) mass is 473 g/mol. The smallest absolute Gasteiger partial charge is 0.191 e. The van der Waals surface area contributed by atoms with Gasteiger partial charge in [-0.1, -0.05) is 15.9 Å². The molecule has 4 nitrogen and oxygen atoms in total. The number of aliphatic imine (C=N–C) groups is 1. The van der Waals surface area contributed by atoms with Crippen LogP contribution in [0.15, 0.2) is 27.7 Å². The van der Waals surface area contributed by atoms with Crippen LogP contribution in [0.5, 0.6) is 0 Å². The SMILES string of the molecule is CCNC(=NCc1cc(F)cc(Br)c1)NCCOCC.I. The van der Waals surface area contributed by atoms with E-state index in [1.165, 1.54) is 12.1 Å². The number of benzene rings is 1. The molecule has 0 saturated heterocycles. The first-order valence-corrected chi connectivity index (χ1v) is 7.50. The van der Waals surface area contributed by atoms with E-state index in [-0.39, 0.29) is 29.8 Å². The van der Waals surface area contributed by atoms with Crippen LogP contribution in [-0.2, 0) is 11.3 Å². The van der Waals surface area contributed by atoms with Crippen LogP contribution < -0.4 is 10.6 Å². The normalized spacial score (nSPS) is 11.0. The number of nitrogens with zero attached hydrogens (tertiary/aromatic N) is 1. The van der Waals surface area contributed by atoms with Gasteiger partial charge in [-0.05, 0) is 37.6 Å². The molecule has 0 radical (unpaired) electrons. The summed E-state index contributed by atoms with van der Waals surface area (Å²) in [5.74, 6) is 0.437. The van der Waals surface area contributed by atoms with Crippen LogP contribution in [0.1, 0.15) is 19.4 Å². The Hall–Kier alpha value is -0.410. The molecule has 0 amide bonds. The van der Waals surface area contributed by atoms with E-state index in [0.29, 0.717) is 32.3 Å². The lowest BCUT2D eigenvalue weighted by atomic mass is 10.2. The molecule has 0 aliphatic carbocycles. The maximum Gasteiger partial charge on any atom is 0.191 e. The minimum Gasteiger partial charge on any atom is -0.380 e. The number of halogens is 3. The lowest BCUT2D eigenvalue weighted by molar-refractivity contribution is 0.152. The fourth-order valence-electron chi connectivity index (χ4n) is 1.60. The van der Waals surface area contributed by atoms with Crippen molar-refractivity contribution in [1.82, 2.24) is 10.6 Å². The van der Waals surface area contributed by atoms with Gasteiger partial charge in [0.15, 0.2) is 5.96 Å². The van der Waals surface area contributed by atoms with Gasteiger partial charge in [0.2, 0.25) is 0 Å². The van der Waals surface area contributed by atoms with Crippen LogP contribution in [0.2, 0.25) is 0 Å². The predicted octanol–water partition coefficient (Wildman–Crippen LogP) is 3.30. The van der Waals surface area contributed by atoms with Gasteiger partial charge in [-0.3, -0.25) is 0 Å². The second-order valence-electron chi connectivity index (χ2n) is 4.10. The molecule has 0 atom stereocenters. The second-order valence-corrected chi connectivity index (χ2v) is 5.01. The van der Waals surface area contributed by atoms with Gasteiger partial charge in [-0.15, -0.1) is 24.0 Å². The zero-order valence-electron chi connectivity index (χ0n) is 12.3. The maximum atomic E-state index is 13.3. The highest BCUT2D eigenvalue weighted by molar-refractivity contribution is 14.0. The molecule has 21 heavy (non-hydrogen) atoms. The third-order valence-electron chi connectivity index (χ3n) is 2.43. The van der Waals surface area contributed by atoms with Gasteiger partial charge in [0, 0.05) is 24.2 Å². The largest absolute Gasteiger partial charge is 0.380 e. The molecule has 0 fully saturated rings. The third kappa shape index (κ3) is 9.26. The fourth-order valence-corrected chi connectivity index (χ4v) is 2.11. The molecule has 0 saturated carbocycles. The number of hydrogen-bond donors (Lipinski definition) is 2. The van der Waals surface area contributed by atoms with E-state index in [2.05, 4.69) is 31.6 Å². The summed E-state index contributed by atoms with van der Waals surface area (Å²) < 4.78 is 19.2. The van der Waals surface area contributed by atoms with E-state index in [4.69, 9.17) is 4.74 Å². The number of rotatable bonds is 7. The van der Waals surface area contributed by atoms with Gasteiger partial charge < -0.3 is 15.4 Å². The number of nitrogens with one attached hydrogen (secondary N) is 2. The summed E-state index contributed by atoms with van der Waals surface area (Å²) in [7, 11) is 0. The van der Waals surface area contributed by atoms with Crippen LogP contribution in [0.3, 0.4) is 0 Å². The number of hydrogen-bond acceptors (Lipinski definition) is 2. The van der Waals surface area contributed by atoms with Gasteiger partial charge in [0.25, 0.3) is 0 Å². The van der Waals surface area contributed by atoms with Crippen LogP contribution in [0, 0.1) is 5.82 Å². The van der Waals surface area contributed by atoms with E-state index in [0.717, 1.165) is 16.6 Å². The van der Waals surface area contributed by atoms with Crippen molar-refractivity contribution in [3.8, 4) is 0 Å². The van der Waals surface area contributed by atoms with Crippen molar-refractivity contribution in [2.75, 3.05) is 26.3 Å². The Kier molecular flexibility index (Phi) is 11.9. The summed E-state index contributed by atoms with van der Waals surface area (Å²) in [6, 6.07) is 4.77. The lowest BCUT2D eigenvalue weighted by Gasteiger charge is -2.11. The van der Waals surface area contributed by atoms with E-state index >= 15 is 0 Å². The number of ether oxygens (including phenoxy) is 1. The summed E-state index contributed by atoms with van der Waals surface area (Å²) in [6.07, 6.45) is 0. The number of guanidine groups is 1. The molecular formula is C14H22BrFIN3O. The Bertz CT molecular complexity index is 426. The fraction of sp³-hybridized carbons (Fsp3) is 0.500. The molecular weight excluding hydrogens is 452 g/mol. The van der Waals surface area contributed by atoms with Crippen molar-refractivity contribution in [3.05, 3.63) is 34.1 Å². The average molecular weight is 474 g/mol. The van der Waals surface area contributed by atoms with Gasteiger partial charge in [0.05, 0.1) is 13.2 Å². The first kappa shape index (κ1) is 20.6. The van der Waals surface area contributed by atoms with E-state index in [9.17, 15) is 4.39 Å². The molecule has 0 aliphatic rings. The molecule has 0 aliphatic heterocycles. The minimum atomic E-state index is -0.265. The van der Waals surface area contributed by atoms with Crippen molar-refractivity contribution in [3.63, 3.8) is 0 Å². The Morgan fingerprint density at radius 3 is 2.67 bits per heavy atom. The average Bonchev–Trinajstić information content (AvgIpc) is 2.39. The van der Waals surface area contributed by atoms with Crippen molar-refractivity contribution in [2.24, 2.45) is 4.99 Å². The highest BCUT2D eigenvalue weighted by atomic mass is 127. The van der Waals surface area contributed by atoms with Crippen LogP contribution in [0.4, 0.5) is 4.39 Å². The Morgan fingerprint density at radius 1 is 1.29 bits per heavy atom. The lowest BCUT2D eigenvalue weighted by Crippen LogP contribution is -2.39. The molecule has 0 unspecified atom stereocenters. The third-order valence-corrected chi connectivity index (χ3v) is 2.89. The molecule has 0 bridgehead atoms. The van der Waals surface area contributed by atoms with E-state index in [1.807, 2.05) is 19.9 Å². The van der Waals surface area contributed by atoms with Crippen molar-refractivity contribution < 1.29 is 9.13 Å². The van der Waals surface area contributed by atoms with Gasteiger partial charge in [-0.2, -0.15) is 0 Å². The molecule has 1 aromatic carbocycles. The van der Waals surface area contributed by atoms with Crippen LogP contribution in [0.25, 0.3) is 0 Å². The quantitative estimate of drug-likeness (QED) is 0.276. The maximum absolute atomic E-state index is 13.3. The van der Waals surface area contributed by atoms with Gasteiger partial charge in [-0.25, -0.2) is 9.38 Å². The standard InChI is InChI=1S/C14H21BrFN3O.HI/c1-3-17-14(18-5-6-20-4-2)19-10-11-7-12(15)9-13(16)8-11;/h7-9H,3-6,10H2,1-2H3,(H2,17,18,19);1H. The van der Waals surface area contributed by atoms with Crippen molar-refractivity contribution >= 4 is 45.9 Å². The molecule has 7 heteroatoms. The minimum absolute atomic E-state index is 0. The highest BCUT2D eigenvalue weighted by Gasteiger charge is 2.00. The molecule has 0 heterocycles. The van der Waals surface area contributed by atoms with Crippen LogP contribution in [-0.4, -0.2) is 32.3 Å². The highest BCUT2D eigenvalue weighted by Crippen LogP contribution is 2.15. The van der Waals surface area contributed by atoms with E-state index in [1.54, 1.807) is 0 Å². The molecule has 0 spiro atoms. The van der Waals surface area contributed by atoms with Gasteiger partial charge >= 0.3 is 0 Å². The van der Waals surface area contributed by atoms with E-state index < -0.39 is 0 Å². The summed E-state index contributed by atoms with van der Waals surface area (Å²) in [4.78, 5) is 4.41. The van der Waals surface area contributed by atoms with Gasteiger partial charge in [0.1, 0.15) is 5.82 Å². The predicted molar refractivity (Wildman–Crippen MR) is 98.8 cm³/mol. The second kappa shape index (κ2) is 12.2. The molecule has 1 rings (SSSR count). The first-order valence-electron chi connectivity index (χ1n) is 6.70. The zero-order chi connectivity index (χ0) is 14.8. The summed E-state index contributed by atoms with van der Waals surface area (Å²) in [5, 5.41) is 6.30. The topological polar surface area (TPSA) is 45.7 Å². The molecule has 120 valence electrons. The summed E-state index contributed by atoms with van der Waals surface area (Å²) >= 11 is 3.27. The Labute approximate surface area is 151 Å².